The molecule has 0 spiro atoms. The van der Waals surface area contributed by atoms with Gasteiger partial charge in [0.05, 0.1) is 16.7 Å². The number of nitrogens with one attached hydrogen (secondary N) is 2. The Kier molecular flexibility index (Phi) is 8.43. The van der Waals surface area contributed by atoms with Crippen LogP contribution in [0.2, 0.25) is 0 Å². The summed E-state index contributed by atoms with van der Waals surface area (Å²) in [5.41, 5.74) is 2.00. The minimum Gasteiger partial charge on any atom is -0.478 e. The number of rotatable bonds is 9. The number of anilines is 2. The first kappa shape index (κ1) is 27.2. The van der Waals surface area contributed by atoms with E-state index >= 15 is 0 Å². The number of para-hydroxylation sites is 1. The van der Waals surface area contributed by atoms with Crippen molar-refractivity contribution < 1.29 is 29.4 Å². The third-order valence-corrected chi connectivity index (χ3v) is 7.08. The van der Waals surface area contributed by atoms with E-state index in [4.69, 9.17) is 5.11 Å². The van der Waals surface area contributed by atoms with Gasteiger partial charge in [-0.1, -0.05) is 54.6 Å². The summed E-state index contributed by atoms with van der Waals surface area (Å²) in [7, 11) is 0. The normalized spacial score (nSPS) is 11.3. The lowest BCUT2D eigenvalue weighted by Crippen LogP contribution is -2.19. The number of carbonyl (C=O) groups excluding carboxylic acids is 2. The zero-order valence-electron chi connectivity index (χ0n) is 20.8. The number of carboxylic acids is 2. The average Bonchev–Trinajstić information content (AvgIpc) is 2.93. The molecule has 0 radical (unpaired) electrons. The largest absolute Gasteiger partial charge is 0.478 e. The highest BCUT2D eigenvalue weighted by atomic mass is 32.2. The van der Waals surface area contributed by atoms with E-state index in [1.807, 2.05) is 67.6 Å². The highest BCUT2D eigenvalue weighted by Gasteiger charge is 2.23. The number of hydrogen-bond donors (Lipinski definition) is 4. The van der Waals surface area contributed by atoms with Gasteiger partial charge >= 0.3 is 11.9 Å². The number of aryl methyl sites for hydroxylation is 1. The van der Waals surface area contributed by atoms with Crippen LogP contribution in [0.25, 0.3) is 0 Å². The second-order valence-corrected chi connectivity index (χ2v) is 9.74. The molecule has 0 aliphatic heterocycles. The number of carbonyl (C=O) groups is 4. The van der Waals surface area contributed by atoms with Crippen LogP contribution < -0.4 is 10.6 Å². The summed E-state index contributed by atoms with van der Waals surface area (Å²) in [6.07, 6.45) is 0. The molecule has 0 aliphatic carbocycles. The van der Waals surface area contributed by atoms with Crippen LogP contribution in [0.1, 0.15) is 47.5 Å². The van der Waals surface area contributed by atoms with Crippen LogP contribution in [0.5, 0.6) is 0 Å². The van der Waals surface area contributed by atoms with E-state index in [0.717, 1.165) is 17.2 Å². The molecule has 0 aliphatic rings. The van der Waals surface area contributed by atoms with Crippen molar-refractivity contribution in [3.63, 3.8) is 0 Å². The van der Waals surface area contributed by atoms with Gasteiger partial charge in [-0.3, -0.25) is 9.59 Å². The molecular weight excluding hydrogens is 516 g/mol. The summed E-state index contributed by atoms with van der Waals surface area (Å²) in [5, 5.41) is 23.7. The van der Waals surface area contributed by atoms with Crippen molar-refractivity contribution in [2.24, 2.45) is 0 Å². The van der Waals surface area contributed by atoms with Crippen molar-refractivity contribution in [2.75, 3.05) is 10.6 Å². The van der Waals surface area contributed by atoms with Crippen molar-refractivity contribution in [1.29, 1.82) is 0 Å². The van der Waals surface area contributed by atoms with Gasteiger partial charge in [0.1, 0.15) is 5.25 Å². The molecule has 4 N–H and O–H groups in total. The lowest BCUT2D eigenvalue weighted by atomic mass is 10.0. The SMILES string of the molecule is Cc1ccccc1NC(=O)C(Sc1cccc(NC(=O)c2ccc(C(=O)O)cc2C(=O)O)c1)c1ccccc1. The molecule has 0 saturated heterocycles. The topological polar surface area (TPSA) is 133 Å². The van der Waals surface area contributed by atoms with E-state index in [2.05, 4.69) is 10.6 Å². The molecule has 4 aromatic carbocycles. The summed E-state index contributed by atoms with van der Waals surface area (Å²) in [6, 6.07) is 27.0. The molecule has 1 unspecified atom stereocenters. The summed E-state index contributed by atoms with van der Waals surface area (Å²) in [4.78, 5) is 49.9. The van der Waals surface area contributed by atoms with Crippen LogP contribution in [-0.4, -0.2) is 34.0 Å². The minimum absolute atomic E-state index is 0.176. The number of aromatic carboxylic acids is 2. The summed E-state index contributed by atoms with van der Waals surface area (Å²) >= 11 is 1.30. The summed E-state index contributed by atoms with van der Waals surface area (Å²) in [6.45, 7) is 1.91. The first-order valence-corrected chi connectivity index (χ1v) is 12.7. The van der Waals surface area contributed by atoms with Gasteiger partial charge in [0, 0.05) is 16.3 Å². The van der Waals surface area contributed by atoms with Crippen molar-refractivity contribution in [1.82, 2.24) is 0 Å². The summed E-state index contributed by atoms with van der Waals surface area (Å²) < 4.78 is 0. The van der Waals surface area contributed by atoms with Crippen molar-refractivity contribution >= 4 is 46.9 Å². The van der Waals surface area contributed by atoms with E-state index in [9.17, 15) is 24.3 Å². The Bertz CT molecular complexity index is 1550. The Hall–Kier alpha value is -4.89. The molecule has 196 valence electrons. The van der Waals surface area contributed by atoms with E-state index in [0.29, 0.717) is 16.3 Å². The molecule has 0 bridgehead atoms. The third-order valence-electron chi connectivity index (χ3n) is 5.83. The maximum atomic E-state index is 13.4. The van der Waals surface area contributed by atoms with Crippen LogP contribution in [-0.2, 0) is 4.79 Å². The fourth-order valence-electron chi connectivity index (χ4n) is 3.85. The van der Waals surface area contributed by atoms with Crippen molar-refractivity contribution in [2.45, 2.75) is 17.1 Å². The van der Waals surface area contributed by atoms with Gasteiger partial charge < -0.3 is 20.8 Å². The first-order chi connectivity index (χ1) is 18.7. The van der Waals surface area contributed by atoms with Crippen LogP contribution in [0.15, 0.2) is 102 Å². The highest BCUT2D eigenvalue weighted by molar-refractivity contribution is 8.00. The molecule has 4 rings (SSSR count). The lowest BCUT2D eigenvalue weighted by molar-refractivity contribution is -0.115. The number of thioether (sulfide) groups is 1. The smallest absolute Gasteiger partial charge is 0.336 e. The Morgan fingerprint density at radius 3 is 2.13 bits per heavy atom. The zero-order valence-corrected chi connectivity index (χ0v) is 21.6. The molecule has 0 saturated carbocycles. The second-order valence-electron chi connectivity index (χ2n) is 8.57. The van der Waals surface area contributed by atoms with Gasteiger partial charge in [0.25, 0.3) is 5.91 Å². The van der Waals surface area contributed by atoms with Gasteiger partial charge in [-0.2, -0.15) is 0 Å². The average molecular weight is 541 g/mol. The second kappa shape index (κ2) is 12.1. The molecule has 39 heavy (non-hydrogen) atoms. The van der Waals surface area contributed by atoms with Crippen LogP contribution in [0.3, 0.4) is 0 Å². The fraction of sp³-hybridized carbons (Fsp3) is 0.0667. The van der Waals surface area contributed by atoms with Crippen LogP contribution in [0.4, 0.5) is 11.4 Å². The molecule has 0 heterocycles. The fourth-order valence-corrected chi connectivity index (χ4v) is 4.93. The van der Waals surface area contributed by atoms with E-state index in [1.54, 1.807) is 18.2 Å². The molecule has 0 fully saturated rings. The number of hydrogen-bond acceptors (Lipinski definition) is 5. The van der Waals surface area contributed by atoms with Gasteiger partial charge in [-0.25, -0.2) is 9.59 Å². The zero-order chi connectivity index (χ0) is 27.9. The number of benzene rings is 4. The molecule has 1 atom stereocenters. The monoisotopic (exact) mass is 540 g/mol. The lowest BCUT2D eigenvalue weighted by Gasteiger charge is -2.18. The first-order valence-electron chi connectivity index (χ1n) is 11.8. The van der Waals surface area contributed by atoms with Crippen LogP contribution >= 0.6 is 11.8 Å². The molecule has 0 aromatic heterocycles. The Labute approximate surface area is 228 Å². The molecular formula is C30H24N2O6S. The quantitative estimate of drug-likeness (QED) is 0.188. The van der Waals surface area contributed by atoms with Gasteiger partial charge in [-0.15, -0.1) is 11.8 Å². The van der Waals surface area contributed by atoms with Crippen molar-refractivity contribution in [3.8, 4) is 0 Å². The third kappa shape index (κ3) is 6.71. The molecule has 4 aromatic rings. The van der Waals surface area contributed by atoms with Crippen LogP contribution in [0, 0.1) is 6.92 Å². The Morgan fingerprint density at radius 2 is 1.44 bits per heavy atom. The Morgan fingerprint density at radius 1 is 0.718 bits per heavy atom. The summed E-state index contributed by atoms with van der Waals surface area (Å²) in [5.74, 6) is -3.63. The predicted octanol–water partition coefficient (Wildman–Crippen LogP) is 6.12. The van der Waals surface area contributed by atoms with E-state index < -0.39 is 28.7 Å². The Balaban J connectivity index is 1.57. The van der Waals surface area contributed by atoms with E-state index in [-0.39, 0.29) is 17.0 Å². The maximum Gasteiger partial charge on any atom is 0.336 e. The number of amides is 2. The maximum absolute atomic E-state index is 13.4. The molecule has 8 nitrogen and oxygen atoms in total. The van der Waals surface area contributed by atoms with Gasteiger partial charge in [0.2, 0.25) is 5.91 Å². The minimum atomic E-state index is -1.42. The molecule has 9 heteroatoms. The van der Waals surface area contributed by atoms with Crippen molar-refractivity contribution in [3.05, 3.63) is 125 Å². The number of carboxylic acid groups (broad SMARTS) is 2. The predicted molar refractivity (Wildman–Crippen MR) is 150 cm³/mol. The van der Waals surface area contributed by atoms with Gasteiger partial charge in [-0.05, 0) is 60.5 Å². The highest BCUT2D eigenvalue weighted by Crippen LogP contribution is 2.37. The standard InChI is InChI=1S/C30H24N2O6S/c1-18-8-5-6-13-25(18)32-28(34)26(19-9-3-2-4-10-19)39-22-12-7-11-21(17-22)31-27(33)23-15-14-20(29(35)36)16-24(23)30(37)38/h2-17,26H,1H3,(H,31,33)(H,32,34)(H,35,36)(H,37,38). The van der Waals surface area contributed by atoms with E-state index in [1.165, 1.54) is 23.9 Å². The van der Waals surface area contributed by atoms with Gasteiger partial charge in [0.15, 0.2) is 0 Å². The molecule has 2 amide bonds.